The molecule has 0 amide bonds. The zero-order chi connectivity index (χ0) is 10.4. The monoisotopic (exact) mass is 210 g/mol. The minimum absolute atomic E-state index is 0.300. The average molecular weight is 211 g/mol. The summed E-state index contributed by atoms with van der Waals surface area (Å²) in [6.45, 7) is 3.62. The van der Waals surface area contributed by atoms with Crippen LogP contribution in [-0.2, 0) is 6.42 Å². The first-order valence-corrected chi connectivity index (χ1v) is 5.13. The van der Waals surface area contributed by atoms with Gasteiger partial charge in [-0.25, -0.2) is 0 Å². The molecule has 1 aromatic rings. The van der Waals surface area contributed by atoms with Crippen molar-refractivity contribution in [3.05, 3.63) is 47.5 Å². The molecule has 0 saturated carbocycles. The van der Waals surface area contributed by atoms with Gasteiger partial charge < -0.3 is 5.11 Å². The maximum absolute atomic E-state index is 9.63. The van der Waals surface area contributed by atoms with E-state index in [9.17, 15) is 5.11 Å². The lowest BCUT2D eigenvalue weighted by Gasteiger charge is -2.09. The van der Waals surface area contributed by atoms with Gasteiger partial charge in [-0.1, -0.05) is 29.8 Å². The van der Waals surface area contributed by atoms with E-state index >= 15 is 0 Å². The first-order chi connectivity index (χ1) is 6.72. The summed E-state index contributed by atoms with van der Waals surface area (Å²) in [6, 6.07) is 7.60. The number of aliphatic hydroxyl groups is 1. The fourth-order valence-corrected chi connectivity index (χ4v) is 1.56. The van der Waals surface area contributed by atoms with Gasteiger partial charge in [-0.05, 0) is 37.0 Å². The Labute approximate surface area is 90.0 Å². The number of halogens is 1. The van der Waals surface area contributed by atoms with Crippen molar-refractivity contribution in [3.8, 4) is 0 Å². The van der Waals surface area contributed by atoms with E-state index in [1.54, 1.807) is 0 Å². The van der Waals surface area contributed by atoms with Crippen molar-refractivity contribution < 1.29 is 5.11 Å². The lowest BCUT2D eigenvalue weighted by Crippen LogP contribution is -2.09. The molecule has 1 unspecified atom stereocenters. The minimum Gasteiger partial charge on any atom is -0.393 e. The van der Waals surface area contributed by atoms with Gasteiger partial charge in [-0.3, -0.25) is 0 Å². The zero-order valence-corrected chi connectivity index (χ0v) is 8.87. The summed E-state index contributed by atoms with van der Waals surface area (Å²) >= 11 is 5.83. The Hall–Kier alpha value is -0.790. The maximum Gasteiger partial charge on any atom is 0.0583 e. The third-order valence-corrected chi connectivity index (χ3v) is 2.30. The van der Waals surface area contributed by atoms with Crippen LogP contribution in [0.3, 0.4) is 0 Å². The lowest BCUT2D eigenvalue weighted by molar-refractivity contribution is 0.166. The predicted molar refractivity (Wildman–Crippen MR) is 60.6 cm³/mol. The van der Waals surface area contributed by atoms with Crippen LogP contribution >= 0.6 is 11.6 Å². The van der Waals surface area contributed by atoms with Crippen LogP contribution in [0.15, 0.2) is 36.9 Å². The second-order valence-corrected chi connectivity index (χ2v) is 3.79. The fraction of sp³-hybridized carbons (Fsp3) is 0.333. The summed E-state index contributed by atoms with van der Waals surface area (Å²) in [5.41, 5.74) is 1.08. The van der Waals surface area contributed by atoms with E-state index in [-0.39, 0.29) is 6.10 Å². The van der Waals surface area contributed by atoms with E-state index in [0.29, 0.717) is 6.42 Å². The quantitative estimate of drug-likeness (QED) is 0.740. The second kappa shape index (κ2) is 5.84. The van der Waals surface area contributed by atoms with Gasteiger partial charge >= 0.3 is 0 Å². The van der Waals surface area contributed by atoms with Gasteiger partial charge in [0.25, 0.3) is 0 Å². The van der Waals surface area contributed by atoms with Crippen LogP contribution in [0.1, 0.15) is 18.4 Å². The van der Waals surface area contributed by atoms with E-state index in [2.05, 4.69) is 6.58 Å². The second-order valence-electron chi connectivity index (χ2n) is 3.35. The normalized spacial score (nSPS) is 12.4. The van der Waals surface area contributed by atoms with Crippen LogP contribution in [0, 0.1) is 0 Å². The first-order valence-electron chi connectivity index (χ1n) is 4.76. The molecule has 1 nitrogen and oxygen atoms in total. The number of allylic oxidation sites excluding steroid dienone is 1. The smallest absolute Gasteiger partial charge is 0.0583 e. The summed E-state index contributed by atoms with van der Waals surface area (Å²) in [7, 11) is 0. The Balaban J connectivity index is 2.47. The Kier molecular flexibility index (Phi) is 4.71. The molecule has 1 rings (SSSR count). The largest absolute Gasteiger partial charge is 0.393 e. The molecule has 14 heavy (non-hydrogen) atoms. The highest BCUT2D eigenvalue weighted by atomic mass is 35.5. The van der Waals surface area contributed by atoms with Gasteiger partial charge in [0.05, 0.1) is 6.10 Å². The maximum atomic E-state index is 9.63. The molecular weight excluding hydrogens is 196 g/mol. The summed E-state index contributed by atoms with van der Waals surface area (Å²) < 4.78 is 0. The van der Waals surface area contributed by atoms with Crippen LogP contribution in [0.5, 0.6) is 0 Å². The van der Waals surface area contributed by atoms with Gasteiger partial charge in [0.15, 0.2) is 0 Å². The number of benzene rings is 1. The van der Waals surface area contributed by atoms with E-state index < -0.39 is 0 Å². The van der Waals surface area contributed by atoms with E-state index in [1.165, 1.54) is 0 Å². The number of hydrogen-bond acceptors (Lipinski definition) is 1. The summed E-state index contributed by atoms with van der Waals surface area (Å²) in [5.74, 6) is 0. The molecule has 1 aromatic carbocycles. The fourth-order valence-electron chi connectivity index (χ4n) is 1.35. The number of hydrogen-bond donors (Lipinski definition) is 1. The molecule has 0 radical (unpaired) electrons. The van der Waals surface area contributed by atoms with Crippen molar-refractivity contribution in [1.82, 2.24) is 0 Å². The van der Waals surface area contributed by atoms with E-state index in [4.69, 9.17) is 11.6 Å². The summed E-state index contributed by atoms with van der Waals surface area (Å²) in [5, 5.41) is 10.4. The minimum atomic E-state index is -0.300. The molecule has 76 valence electrons. The SMILES string of the molecule is C=CCCC(O)Cc1cccc(Cl)c1. The van der Waals surface area contributed by atoms with Crippen molar-refractivity contribution in [1.29, 1.82) is 0 Å². The molecular formula is C12H15ClO. The highest BCUT2D eigenvalue weighted by molar-refractivity contribution is 6.30. The average Bonchev–Trinajstić information content (AvgIpc) is 2.15. The predicted octanol–water partition coefficient (Wildman–Crippen LogP) is 3.21. The van der Waals surface area contributed by atoms with Gasteiger partial charge in [0, 0.05) is 5.02 Å². The Morgan fingerprint density at radius 3 is 2.93 bits per heavy atom. The highest BCUT2D eigenvalue weighted by Gasteiger charge is 2.04. The lowest BCUT2D eigenvalue weighted by atomic mass is 10.0. The number of aliphatic hydroxyl groups excluding tert-OH is 1. The topological polar surface area (TPSA) is 20.2 Å². The van der Waals surface area contributed by atoms with E-state index in [1.807, 2.05) is 30.3 Å². The van der Waals surface area contributed by atoms with Crippen LogP contribution in [0.4, 0.5) is 0 Å². The van der Waals surface area contributed by atoms with Gasteiger partial charge in [-0.2, -0.15) is 0 Å². The Morgan fingerprint density at radius 2 is 2.29 bits per heavy atom. The van der Waals surface area contributed by atoms with Crippen molar-refractivity contribution in [2.75, 3.05) is 0 Å². The number of rotatable bonds is 5. The molecule has 0 aromatic heterocycles. The van der Waals surface area contributed by atoms with Gasteiger partial charge in [0.2, 0.25) is 0 Å². The molecule has 0 aliphatic carbocycles. The zero-order valence-electron chi connectivity index (χ0n) is 8.12. The van der Waals surface area contributed by atoms with E-state index in [0.717, 1.165) is 23.4 Å². The van der Waals surface area contributed by atoms with Gasteiger partial charge in [0.1, 0.15) is 0 Å². The molecule has 1 atom stereocenters. The molecule has 0 heterocycles. The standard InChI is InChI=1S/C12H15ClO/c1-2-3-7-12(14)9-10-5-4-6-11(13)8-10/h2,4-6,8,12,14H,1,3,7,9H2. The molecule has 0 aliphatic rings. The summed E-state index contributed by atoms with van der Waals surface area (Å²) in [4.78, 5) is 0. The summed E-state index contributed by atoms with van der Waals surface area (Å²) in [6.07, 6.45) is 3.79. The Bertz CT molecular complexity index is 296. The van der Waals surface area contributed by atoms with Crippen molar-refractivity contribution >= 4 is 11.6 Å². The van der Waals surface area contributed by atoms with Crippen LogP contribution in [0.2, 0.25) is 5.02 Å². The van der Waals surface area contributed by atoms with Crippen molar-refractivity contribution in [2.24, 2.45) is 0 Å². The molecule has 2 heteroatoms. The van der Waals surface area contributed by atoms with Crippen LogP contribution < -0.4 is 0 Å². The van der Waals surface area contributed by atoms with Crippen LogP contribution in [0.25, 0.3) is 0 Å². The molecule has 0 fully saturated rings. The third-order valence-electron chi connectivity index (χ3n) is 2.06. The third kappa shape index (κ3) is 3.95. The van der Waals surface area contributed by atoms with Crippen molar-refractivity contribution in [2.45, 2.75) is 25.4 Å². The molecule has 0 bridgehead atoms. The molecule has 0 aliphatic heterocycles. The van der Waals surface area contributed by atoms with Crippen LogP contribution in [-0.4, -0.2) is 11.2 Å². The van der Waals surface area contributed by atoms with Gasteiger partial charge in [-0.15, -0.1) is 6.58 Å². The molecule has 0 spiro atoms. The Morgan fingerprint density at radius 1 is 1.50 bits per heavy atom. The highest BCUT2D eigenvalue weighted by Crippen LogP contribution is 2.13. The first kappa shape index (κ1) is 11.3. The van der Waals surface area contributed by atoms with Crippen molar-refractivity contribution in [3.63, 3.8) is 0 Å². The molecule has 1 N–H and O–H groups in total. The molecule has 0 saturated heterocycles.